The number of methoxy groups -OCH3 is 2. The van der Waals surface area contributed by atoms with Gasteiger partial charge in [0.25, 0.3) is 0 Å². The molecule has 3 heterocycles. The molecule has 4 rings (SSSR count). The summed E-state index contributed by atoms with van der Waals surface area (Å²) < 4.78 is 12.6. The zero-order chi connectivity index (χ0) is 20.9. The van der Waals surface area contributed by atoms with E-state index in [1.807, 2.05) is 54.2 Å². The first-order valence-electron chi connectivity index (χ1n) is 9.51. The predicted molar refractivity (Wildman–Crippen MR) is 118 cm³/mol. The van der Waals surface area contributed by atoms with Gasteiger partial charge in [-0.3, -0.25) is 9.67 Å². The first-order chi connectivity index (χ1) is 14.7. The number of thiazole rings is 1. The van der Waals surface area contributed by atoms with Crippen LogP contribution in [-0.2, 0) is 13.1 Å². The molecule has 4 aromatic rings. The number of pyridine rings is 1. The van der Waals surface area contributed by atoms with Gasteiger partial charge in [-0.15, -0.1) is 0 Å². The molecule has 0 radical (unpaired) electrons. The molecule has 0 atom stereocenters. The van der Waals surface area contributed by atoms with Gasteiger partial charge < -0.3 is 14.8 Å². The van der Waals surface area contributed by atoms with Crippen molar-refractivity contribution in [2.75, 3.05) is 19.5 Å². The Morgan fingerprint density at radius 2 is 1.80 bits per heavy atom. The van der Waals surface area contributed by atoms with E-state index in [1.165, 1.54) is 0 Å². The molecule has 8 heteroatoms. The van der Waals surface area contributed by atoms with Gasteiger partial charge >= 0.3 is 0 Å². The summed E-state index contributed by atoms with van der Waals surface area (Å²) >= 11 is 1.61. The molecule has 0 aliphatic heterocycles. The van der Waals surface area contributed by atoms with Gasteiger partial charge in [-0.25, -0.2) is 4.98 Å². The number of rotatable bonds is 8. The molecule has 0 aliphatic carbocycles. The molecule has 0 saturated carbocycles. The van der Waals surface area contributed by atoms with Gasteiger partial charge in [0, 0.05) is 25.1 Å². The molecule has 0 unspecified atom stereocenters. The van der Waals surface area contributed by atoms with Gasteiger partial charge in [-0.05, 0) is 48.4 Å². The number of aryl methyl sites for hydroxylation is 1. The maximum Gasteiger partial charge on any atom is 0.183 e. The fourth-order valence-electron chi connectivity index (χ4n) is 3.12. The highest BCUT2D eigenvalue weighted by atomic mass is 32.1. The van der Waals surface area contributed by atoms with E-state index in [1.54, 1.807) is 38.0 Å². The standard InChI is InChI=1S/C22H23N5O2S/c1-15-21(18-8-11-27(26-18)14-16-6-9-23-10-7-16)30-22(25-15)24-13-17-4-5-19(28-2)20(12-17)29-3/h4-12H,13-14H2,1-3H3,(H,24,25). The van der Waals surface area contributed by atoms with Gasteiger partial charge in [0.05, 0.1) is 31.3 Å². The second kappa shape index (κ2) is 8.96. The molecule has 154 valence electrons. The Labute approximate surface area is 179 Å². The summed E-state index contributed by atoms with van der Waals surface area (Å²) in [6.45, 7) is 3.36. The molecule has 1 aromatic carbocycles. The molecule has 0 bridgehead atoms. The lowest BCUT2D eigenvalue weighted by molar-refractivity contribution is 0.354. The number of anilines is 1. The molecule has 0 amide bonds. The third kappa shape index (κ3) is 4.44. The second-order valence-electron chi connectivity index (χ2n) is 6.73. The van der Waals surface area contributed by atoms with Crippen molar-refractivity contribution in [1.82, 2.24) is 19.7 Å². The Balaban J connectivity index is 1.45. The van der Waals surface area contributed by atoms with Crippen molar-refractivity contribution in [1.29, 1.82) is 0 Å². The van der Waals surface area contributed by atoms with Crippen molar-refractivity contribution < 1.29 is 9.47 Å². The van der Waals surface area contributed by atoms with E-state index >= 15 is 0 Å². The highest BCUT2D eigenvalue weighted by Gasteiger charge is 2.13. The molecular formula is C22H23N5O2S. The van der Waals surface area contributed by atoms with E-state index < -0.39 is 0 Å². The Morgan fingerprint density at radius 3 is 2.57 bits per heavy atom. The summed E-state index contributed by atoms with van der Waals surface area (Å²) in [5, 5.41) is 8.98. The maximum atomic E-state index is 5.38. The van der Waals surface area contributed by atoms with Crippen LogP contribution in [0.4, 0.5) is 5.13 Å². The summed E-state index contributed by atoms with van der Waals surface area (Å²) in [7, 11) is 3.27. The fraction of sp³-hybridized carbons (Fsp3) is 0.227. The van der Waals surface area contributed by atoms with Crippen LogP contribution in [-0.4, -0.2) is 34.0 Å². The van der Waals surface area contributed by atoms with Crippen LogP contribution < -0.4 is 14.8 Å². The van der Waals surface area contributed by atoms with Crippen molar-refractivity contribution in [3.8, 4) is 22.1 Å². The van der Waals surface area contributed by atoms with Crippen LogP contribution in [0.15, 0.2) is 55.0 Å². The average molecular weight is 422 g/mol. The normalized spacial score (nSPS) is 10.8. The minimum absolute atomic E-state index is 0.642. The zero-order valence-corrected chi connectivity index (χ0v) is 17.9. The van der Waals surface area contributed by atoms with E-state index in [0.29, 0.717) is 18.8 Å². The molecule has 3 aromatic heterocycles. The van der Waals surface area contributed by atoms with Crippen LogP contribution in [0.1, 0.15) is 16.8 Å². The summed E-state index contributed by atoms with van der Waals surface area (Å²) in [5.74, 6) is 1.43. The average Bonchev–Trinajstić information content (AvgIpc) is 3.38. The zero-order valence-electron chi connectivity index (χ0n) is 17.1. The number of hydrogen-bond donors (Lipinski definition) is 1. The van der Waals surface area contributed by atoms with Crippen molar-refractivity contribution in [3.63, 3.8) is 0 Å². The Morgan fingerprint density at radius 1 is 1.00 bits per heavy atom. The third-order valence-corrected chi connectivity index (χ3v) is 5.79. The molecule has 30 heavy (non-hydrogen) atoms. The van der Waals surface area contributed by atoms with Crippen molar-refractivity contribution >= 4 is 16.5 Å². The van der Waals surface area contributed by atoms with Crippen molar-refractivity contribution in [3.05, 3.63) is 71.8 Å². The van der Waals surface area contributed by atoms with Crippen molar-refractivity contribution in [2.24, 2.45) is 0 Å². The number of benzene rings is 1. The van der Waals surface area contributed by atoms with Crippen LogP contribution >= 0.6 is 11.3 Å². The van der Waals surface area contributed by atoms with Crippen LogP contribution in [0, 0.1) is 6.92 Å². The molecule has 7 nitrogen and oxygen atoms in total. The molecule has 0 spiro atoms. The maximum absolute atomic E-state index is 5.38. The van der Waals surface area contributed by atoms with Gasteiger partial charge in [-0.1, -0.05) is 17.4 Å². The number of ether oxygens (including phenoxy) is 2. The van der Waals surface area contributed by atoms with Gasteiger partial charge in [-0.2, -0.15) is 5.10 Å². The van der Waals surface area contributed by atoms with Gasteiger partial charge in [0.2, 0.25) is 0 Å². The number of hydrogen-bond acceptors (Lipinski definition) is 7. The lowest BCUT2D eigenvalue weighted by atomic mass is 10.2. The highest BCUT2D eigenvalue weighted by Crippen LogP contribution is 2.32. The van der Waals surface area contributed by atoms with E-state index in [4.69, 9.17) is 14.6 Å². The summed E-state index contributed by atoms with van der Waals surface area (Å²) in [6, 6.07) is 11.9. The highest BCUT2D eigenvalue weighted by molar-refractivity contribution is 7.19. The largest absolute Gasteiger partial charge is 0.493 e. The Bertz CT molecular complexity index is 1120. The quantitative estimate of drug-likeness (QED) is 0.455. The van der Waals surface area contributed by atoms with E-state index in [0.717, 1.165) is 38.3 Å². The first-order valence-corrected chi connectivity index (χ1v) is 10.3. The summed E-state index contributed by atoms with van der Waals surface area (Å²) in [4.78, 5) is 9.79. The molecular weight excluding hydrogens is 398 g/mol. The topological polar surface area (TPSA) is 74.1 Å². The second-order valence-corrected chi connectivity index (χ2v) is 7.73. The van der Waals surface area contributed by atoms with Gasteiger partial charge in [0.15, 0.2) is 16.6 Å². The van der Waals surface area contributed by atoms with Gasteiger partial charge in [0.1, 0.15) is 5.69 Å². The van der Waals surface area contributed by atoms with Crippen LogP contribution in [0.3, 0.4) is 0 Å². The Hall–Kier alpha value is -3.39. The SMILES string of the molecule is COc1ccc(CNc2nc(C)c(-c3ccn(Cc4ccncc4)n3)s2)cc1OC. The van der Waals surface area contributed by atoms with E-state index in [9.17, 15) is 0 Å². The molecule has 0 aliphatic rings. The van der Waals surface area contributed by atoms with Crippen LogP contribution in [0.2, 0.25) is 0 Å². The number of nitrogens with one attached hydrogen (secondary N) is 1. The minimum atomic E-state index is 0.642. The lowest BCUT2D eigenvalue weighted by Gasteiger charge is -2.09. The lowest BCUT2D eigenvalue weighted by Crippen LogP contribution is -2.00. The number of aromatic nitrogens is 4. The van der Waals surface area contributed by atoms with E-state index in [-0.39, 0.29) is 0 Å². The summed E-state index contributed by atoms with van der Waals surface area (Å²) in [6.07, 6.45) is 5.58. The van der Waals surface area contributed by atoms with Crippen LogP contribution in [0.5, 0.6) is 11.5 Å². The van der Waals surface area contributed by atoms with Crippen LogP contribution in [0.25, 0.3) is 10.6 Å². The van der Waals surface area contributed by atoms with Crippen molar-refractivity contribution in [2.45, 2.75) is 20.0 Å². The number of nitrogens with zero attached hydrogens (tertiary/aromatic N) is 4. The smallest absolute Gasteiger partial charge is 0.183 e. The molecule has 1 N–H and O–H groups in total. The minimum Gasteiger partial charge on any atom is -0.493 e. The summed E-state index contributed by atoms with van der Waals surface area (Å²) in [5.41, 5.74) is 4.14. The third-order valence-electron chi connectivity index (χ3n) is 4.66. The Kier molecular flexibility index (Phi) is 5.94. The monoisotopic (exact) mass is 421 g/mol. The predicted octanol–water partition coefficient (Wildman–Crippen LogP) is 4.39. The molecule has 0 fully saturated rings. The molecule has 0 saturated heterocycles. The van der Waals surface area contributed by atoms with E-state index in [2.05, 4.69) is 15.3 Å². The first kappa shape index (κ1) is 19.9. The fourth-order valence-corrected chi connectivity index (χ4v) is 4.05.